The second kappa shape index (κ2) is 9.75. The smallest absolute Gasteiger partial charge is 0.251 e. The quantitative estimate of drug-likeness (QED) is 0.623. The first-order valence-corrected chi connectivity index (χ1v) is 10.7. The van der Waals surface area contributed by atoms with Gasteiger partial charge in [-0.2, -0.15) is 0 Å². The number of likely N-dealkylation sites (tertiary alicyclic amines) is 1. The maximum Gasteiger partial charge on any atom is 0.251 e. The molecule has 0 spiro atoms. The molecule has 1 fully saturated rings. The van der Waals surface area contributed by atoms with Crippen molar-refractivity contribution in [2.45, 2.75) is 38.8 Å². The summed E-state index contributed by atoms with van der Waals surface area (Å²) in [4.78, 5) is 26.5. The SMILES string of the molecule is CCOc1ccc(CN2CCCC[C@H]2c2cc(=O)[nH]c(-c3ccncc3)n2)cc1OC. The lowest BCUT2D eigenvalue weighted by Gasteiger charge is -2.35. The van der Waals surface area contributed by atoms with E-state index in [9.17, 15) is 4.79 Å². The van der Waals surface area contributed by atoms with E-state index < -0.39 is 0 Å². The first kappa shape index (κ1) is 21.1. The van der Waals surface area contributed by atoms with Gasteiger partial charge < -0.3 is 14.5 Å². The highest BCUT2D eigenvalue weighted by Crippen LogP contribution is 2.33. The Kier molecular flexibility index (Phi) is 6.62. The molecule has 0 radical (unpaired) electrons. The van der Waals surface area contributed by atoms with Crippen molar-refractivity contribution >= 4 is 0 Å². The summed E-state index contributed by atoms with van der Waals surface area (Å²) in [5.74, 6) is 2.07. The van der Waals surface area contributed by atoms with E-state index in [2.05, 4.69) is 20.9 Å². The number of ether oxygens (including phenoxy) is 2. The molecule has 1 N–H and O–H groups in total. The zero-order valence-electron chi connectivity index (χ0n) is 18.0. The van der Waals surface area contributed by atoms with Crippen molar-refractivity contribution in [1.82, 2.24) is 19.9 Å². The summed E-state index contributed by atoms with van der Waals surface area (Å²) in [6.07, 6.45) is 6.63. The maximum atomic E-state index is 12.4. The summed E-state index contributed by atoms with van der Waals surface area (Å²) < 4.78 is 11.2. The number of benzene rings is 1. The van der Waals surface area contributed by atoms with Gasteiger partial charge in [-0.05, 0) is 56.1 Å². The molecule has 0 unspecified atom stereocenters. The van der Waals surface area contributed by atoms with Crippen molar-refractivity contribution in [3.8, 4) is 22.9 Å². The van der Waals surface area contributed by atoms with Crippen LogP contribution in [0.4, 0.5) is 0 Å². The van der Waals surface area contributed by atoms with Gasteiger partial charge in [-0.25, -0.2) is 4.98 Å². The first-order chi connectivity index (χ1) is 15.2. The van der Waals surface area contributed by atoms with Gasteiger partial charge in [0.05, 0.1) is 25.5 Å². The fourth-order valence-corrected chi connectivity index (χ4v) is 4.13. The average Bonchev–Trinajstić information content (AvgIpc) is 2.81. The highest BCUT2D eigenvalue weighted by atomic mass is 16.5. The summed E-state index contributed by atoms with van der Waals surface area (Å²) in [5.41, 5.74) is 2.68. The molecule has 3 heterocycles. The topological polar surface area (TPSA) is 80.3 Å². The number of hydrogen-bond acceptors (Lipinski definition) is 6. The second-order valence-corrected chi connectivity index (χ2v) is 7.66. The van der Waals surface area contributed by atoms with Crippen LogP contribution in [0.25, 0.3) is 11.4 Å². The third kappa shape index (κ3) is 4.94. The standard InChI is InChI=1S/C24H28N4O3/c1-3-31-21-8-7-17(14-22(21)30-2)16-28-13-5-4-6-20(28)19-15-23(29)27-24(26-19)18-9-11-25-12-10-18/h7-12,14-15,20H,3-6,13,16H2,1-2H3,(H,26,27,29)/t20-/m0/s1. The summed E-state index contributed by atoms with van der Waals surface area (Å²) in [6, 6.07) is 11.5. The summed E-state index contributed by atoms with van der Waals surface area (Å²) in [6.45, 7) is 4.27. The monoisotopic (exact) mass is 420 g/mol. The van der Waals surface area contributed by atoms with E-state index in [1.807, 2.05) is 31.2 Å². The molecule has 1 aliphatic heterocycles. The summed E-state index contributed by atoms with van der Waals surface area (Å²) >= 11 is 0. The molecule has 0 aliphatic carbocycles. The van der Waals surface area contributed by atoms with E-state index in [1.165, 1.54) is 0 Å². The van der Waals surface area contributed by atoms with Crippen molar-refractivity contribution in [2.75, 3.05) is 20.3 Å². The molecular weight excluding hydrogens is 392 g/mol. The molecule has 1 aromatic carbocycles. The van der Waals surface area contributed by atoms with Crippen LogP contribution in [0.5, 0.6) is 11.5 Å². The van der Waals surface area contributed by atoms with Crippen LogP contribution < -0.4 is 15.0 Å². The van der Waals surface area contributed by atoms with Crippen molar-refractivity contribution in [3.05, 3.63) is 70.4 Å². The Morgan fingerprint density at radius 2 is 1.97 bits per heavy atom. The zero-order valence-corrected chi connectivity index (χ0v) is 18.0. The van der Waals surface area contributed by atoms with E-state index in [0.717, 1.165) is 60.7 Å². The molecule has 3 aromatic rings. The van der Waals surface area contributed by atoms with Gasteiger partial charge >= 0.3 is 0 Å². The number of nitrogens with one attached hydrogen (secondary N) is 1. The maximum absolute atomic E-state index is 12.4. The lowest BCUT2D eigenvalue weighted by Crippen LogP contribution is -2.34. The molecule has 1 atom stereocenters. The number of aromatic nitrogens is 3. The highest BCUT2D eigenvalue weighted by Gasteiger charge is 2.26. The number of pyridine rings is 1. The third-order valence-corrected chi connectivity index (χ3v) is 5.58. The summed E-state index contributed by atoms with van der Waals surface area (Å²) in [7, 11) is 1.66. The Morgan fingerprint density at radius 3 is 2.74 bits per heavy atom. The zero-order chi connectivity index (χ0) is 21.6. The molecule has 2 aromatic heterocycles. The molecule has 31 heavy (non-hydrogen) atoms. The Morgan fingerprint density at radius 1 is 1.13 bits per heavy atom. The Bertz CT molecular complexity index is 1070. The van der Waals surface area contributed by atoms with Crippen molar-refractivity contribution in [1.29, 1.82) is 0 Å². The van der Waals surface area contributed by atoms with Crippen LogP contribution in [0, 0.1) is 0 Å². The van der Waals surface area contributed by atoms with Crippen LogP contribution in [0.3, 0.4) is 0 Å². The number of aromatic amines is 1. The largest absolute Gasteiger partial charge is 0.493 e. The van der Waals surface area contributed by atoms with Crippen LogP contribution in [0.2, 0.25) is 0 Å². The van der Waals surface area contributed by atoms with E-state index in [0.29, 0.717) is 12.4 Å². The minimum atomic E-state index is -0.134. The minimum Gasteiger partial charge on any atom is -0.493 e. The van der Waals surface area contributed by atoms with Gasteiger partial charge in [-0.1, -0.05) is 12.5 Å². The molecule has 0 bridgehead atoms. The lowest BCUT2D eigenvalue weighted by atomic mass is 9.98. The number of nitrogens with zero attached hydrogens (tertiary/aromatic N) is 3. The Balaban J connectivity index is 1.61. The van der Waals surface area contributed by atoms with Gasteiger partial charge in [0.1, 0.15) is 5.82 Å². The number of methoxy groups -OCH3 is 1. The van der Waals surface area contributed by atoms with Gasteiger partial charge in [0, 0.05) is 30.6 Å². The predicted octanol–water partition coefficient (Wildman–Crippen LogP) is 3.97. The van der Waals surface area contributed by atoms with Gasteiger partial charge in [-0.3, -0.25) is 14.7 Å². The number of rotatable bonds is 7. The van der Waals surface area contributed by atoms with E-state index >= 15 is 0 Å². The van der Waals surface area contributed by atoms with Crippen LogP contribution >= 0.6 is 0 Å². The fourth-order valence-electron chi connectivity index (χ4n) is 4.13. The highest BCUT2D eigenvalue weighted by molar-refractivity contribution is 5.53. The average molecular weight is 421 g/mol. The van der Waals surface area contributed by atoms with Crippen molar-refractivity contribution in [2.24, 2.45) is 0 Å². The molecule has 7 nitrogen and oxygen atoms in total. The molecule has 7 heteroatoms. The fraction of sp³-hybridized carbons (Fsp3) is 0.375. The van der Waals surface area contributed by atoms with Gasteiger partial charge in [0.25, 0.3) is 5.56 Å². The normalized spacial score (nSPS) is 16.8. The first-order valence-electron chi connectivity index (χ1n) is 10.7. The van der Waals surface area contributed by atoms with E-state index in [1.54, 1.807) is 25.6 Å². The molecule has 1 saturated heterocycles. The predicted molar refractivity (Wildman–Crippen MR) is 119 cm³/mol. The van der Waals surface area contributed by atoms with Crippen LogP contribution in [-0.2, 0) is 6.54 Å². The van der Waals surface area contributed by atoms with Crippen LogP contribution in [-0.4, -0.2) is 40.1 Å². The molecule has 162 valence electrons. The van der Waals surface area contributed by atoms with Crippen LogP contribution in [0.1, 0.15) is 43.5 Å². The van der Waals surface area contributed by atoms with E-state index in [4.69, 9.17) is 14.5 Å². The van der Waals surface area contributed by atoms with Gasteiger partial charge in [-0.15, -0.1) is 0 Å². The van der Waals surface area contributed by atoms with Crippen LogP contribution in [0.15, 0.2) is 53.6 Å². The second-order valence-electron chi connectivity index (χ2n) is 7.66. The Labute approximate surface area is 182 Å². The summed E-state index contributed by atoms with van der Waals surface area (Å²) in [5, 5.41) is 0. The molecule has 4 rings (SSSR count). The molecule has 0 amide bonds. The van der Waals surface area contributed by atoms with E-state index in [-0.39, 0.29) is 11.6 Å². The third-order valence-electron chi connectivity index (χ3n) is 5.58. The Hall–Kier alpha value is -3.19. The number of piperidine rings is 1. The van der Waals surface area contributed by atoms with Gasteiger partial charge in [0.15, 0.2) is 11.5 Å². The van der Waals surface area contributed by atoms with Crippen molar-refractivity contribution < 1.29 is 9.47 Å². The molecule has 1 aliphatic rings. The molecular formula is C24H28N4O3. The van der Waals surface area contributed by atoms with Gasteiger partial charge in [0.2, 0.25) is 0 Å². The number of H-pyrrole nitrogens is 1. The number of hydrogen-bond donors (Lipinski definition) is 1. The van der Waals surface area contributed by atoms with Crippen molar-refractivity contribution in [3.63, 3.8) is 0 Å². The minimum absolute atomic E-state index is 0.0919. The molecule has 0 saturated carbocycles. The lowest BCUT2D eigenvalue weighted by molar-refractivity contribution is 0.137.